The van der Waals surface area contributed by atoms with E-state index < -0.39 is 5.54 Å². The standard InChI is InChI=1S/C30H34N2O2.2CO2/c1-28(2,3)25-17-19(26(34)22-12-8-10-14-24(22)33)18-32-16-15-21-20-11-7-9-13-23(20)31-27(21)30(25,32)29(4,5)6;2*2-1-3/h7-14,17-18,31,33H,15-16H2,1-6H3;;. The Morgan fingerprint density at radius 1 is 0.925 bits per heavy atom. The molecule has 0 aliphatic carbocycles. The lowest BCUT2D eigenvalue weighted by Gasteiger charge is -2.59. The molecule has 3 heterocycles. The number of H-pyrrole nitrogens is 1. The SMILES string of the molecule is CC(C)(C)C1=CC(C(=O)c2ccccc2O)=CN2CCc3c([nH]c4ccccc34)C12C(C)(C)C.O=C=O.O=C=O. The van der Waals surface area contributed by atoms with E-state index in [1.807, 2.05) is 6.20 Å². The maximum absolute atomic E-state index is 13.6. The van der Waals surface area contributed by atoms with Crippen LogP contribution in [0.15, 0.2) is 72.0 Å². The lowest BCUT2D eigenvalue weighted by molar-refractivity contribution is -0.193. The smallest absolute Gasteiger partial charge is 0.373 e. The van der Waals surface area contributed by atoms with E-state index in [9.17, 15) is 9.90 Å². The summed E-state index contributed by atoms with van der Waals surface area (Å²) in [5.74, 6) is -0.131. The molecular weight excluding hydrogens is 508 g/mol. The lowest BCUT2D eigenvalue weighted by Crippen LogP contribution is -2.60. The largest absolute Gasteiger partial charge is 0.507 e. The van der Waals surface area contributed by atoms with Crippen molar-refractivity contribution >= 4 is 29.0 Å². The number of benzene rings is 2. The van der Waals surface area contributed by atoms with Gasteiger partial charge in [0.1, 0.15) is 11.3 Å². The van der Waals surface area contributed by atoms with Gasteiger partial charge in [0.2, 0.25) is 0 Å². The zero-order chi connectivity index (χ0) is 29.9. The molecule has 1 unspecified atom stereocenters. The molecule has 1 aromatic heterocycles. The van der Waals surface area contributed by atoms with Gasteiger partial charge in [0.15, 0.2) is 5.78 Å². The van der Waals surface area contributed by atoms with E-state index in [1.165, 1.54) is 22.2 Å². The van der Waals surface area contributed by atoms with Crippen molar-refractivity contribution in [1.82, 2.24) is 9.88 Å². The number of para-hydroxylation sites is 2. The van der Waals surface area contributed by atoms with Crippen LogP contribution in [0.1, 0.15) is 63.2 Å². The van der Waals surface area contributed by atoms with Crippen LogP contribution in [0.3, 0.4) is 0 Å². The fourth-order valence-electron chi connectivity index (χ4n) is 6.14. The predicted molar refractivity (Wildman–Crippen MR) is 148 cm³/mol. The first-order valence-electron chi connectivity index (χ1n) is 12.9. The van der Waals surface area contributed by atoms with Gasteiger partial charge in [-0.3, -0.25) is 4.79 Å². The number of hydrogen-bond acceptors (Lipinski definition) is 7. The number of nitrogens with one attached hydrogen (secondary N) is 1. The van der Waals surface area contributed by atoms with Gasteiger partial charge in [-0.25, -0.2) is 0 Å². The number of aromatic hydroxyl groups is 1. The molecule has 0 saturated heterocycles. The Balaban J connectivity index is 0.000000676. The molecule has 0 radical (unpaired) electrons. The first-order chi connectivity index (χ1) is 18.8. The van der Waals surface area contributed by atoms with Gasteiger partial charge in [-0.05, 0) is 52.7 Å². The molecule has 8 heteroatoms. The molecule has 8 nitrogen and oxygen atoms in total. The number of phenolic OH excluding ortho intramolecular Hbond substituents is 1. The Morgan fingerprint density at radius 3 is 2.08 bits per heavy atom. The minimum absolute atomic E-state index is 0.0170. The summed E-state index contributed by atoms with van der Waals surface area (Å²) in [7, 11) is 0. The van der Waals surface area contributed by atoms with E-state index >= 15 is 0 Å². The molecule has 3 aromatic rings. The van der Waals surface area contributed by atoms with Crippen molar-refractivity contribution in [3.63, 3.8) is 0 Å². The molecule has 40 heavy (non-hydrogen) atoms. The third-order valence-electron chi connectivity index (χ3n) is 7.50. The summed E-state index contributed by atoms with van der Waals surface area (Å²) in [5.41, 5.74) is 5.14. The van der Waals surface area contributed by atoms with Gasteiger partial charge in [0.25, 0.3) is 0 Å². The first kappa shape index (κ1) is 30.0. The number of Topliss-reactive ketones (excluding diaryl/α,β-unsaturated/α-hetero) is 1. The number of ketones is 1. The minimum Gasteiger partial charge on any atom is -0.507 e. The third kappa shape index (κ3) is 5.07. The molecule has 2 N–H and O–H groups in total. The number of carbonyl (C=O) groups is 1. The Morgan fingerprint density at radius 2 is 1.50 bits per heavy atom. The number of carbonyl (C=O) groups excluding carboxylic acids is 5. The zero-order valence-electron chi connectivity index (χ0n) is 23.6. The van der Waals surface area contributed by atoms with Gasteiger partial charge in [-0.15, -0.1) is 0 Å². The number of allylic oxidation sites excluding steroid dienone is 2. The van der Waals surface area contributed by atoms with Crippen LogP contribution in [0, 0.1) is 10.8 Å². The van der Waals surface area contributed by atoms with E-state index in [4.69, 9.17) is 19.2 Å². The average Bonchev–Trinajstić information content (AvgIpc) is 3.27. The van der Waals surface area contributed by atoms with Crippen molar-refractivity contribution in [2.24, 2.45) is 10.8 Å². The highest BCUT2D eigenvalue weighted by Gasteiger charge is 2.57. The van der Waals surface area contributed by atoms with Crippen LogP contribution in [0.2, 0.25) is 0 Å². The van der Waals surface area contributed by atoms with E-state index in [-0.39, 0.29) is 34.7 Å². The van der Waals surface area contributed by atoms with Crippen LogP contribution in [0.5, 0.6) is 5.75 Å². The molecule has 208 valence electrons. The van der Waals surface area contributed by atoms with Gasteiger partial charge in [-0.1, -0.05) is 71.9 Å². The number of phenols is 1. The summed E-state index contributed by atoms with van der Waals surface area (Å²) >= 11 is 0. The second kappa shape index (κ2) is 11.3. The highest BCUT2D eigenvalue weighted by atomic mass is 16.3. The van der Waals surface area contributed by atoms with Crippen molar-refractivity contribution in [2.75, 3.05) is 6.54 Å². The highest BCUT2D eigenvalue weighted by Crippen LogP contribution is 2.59. The number of nitrogens with zero attached hydrogens (tertiary/aromatic N) is 1. The Kier molecular flexibility index (Phi) is 8.49. The fourth-order valence-corrected chi connectivity index (χ4v) is 6.14. The van der Waals surface area contributed by atoms with Crippen LogP contribution < -0.4 is 0 Å². The monoisotopic (exact) mass is 542 g/mol. The number of hydrogen-bond donors (Lipinski definition) is 2. The maximum atomic E-state index is 13.6. The number of aromatic amines is 1. The summed E-state index contributed by atoms with van der Waals surface area (Å²) in [5, 5.41) is 11.7. The van der Waals surface area contributed by atoms with Crippen LogP contribution in [0.25, 0.3) is 10.9 Å². The third-order valence-corrected chi connectivity index (χ3v) is 7.50. The molecule has 1 atom stereocenters. The molecule has 2 aromatic carbocycles. The van der Waals surface area contributed by atoms with E-state index in [0.717, 1.165) is 18.5 Å². The van der Waals surface area contributed by atoms with Gasteiger partial charge in [0.05, 0.1) is 11.3 Å². The maximum Gasteiger partial charge on any atom is 0.373 e. The number of rotatable bonds is 2. The number of aromatic nitrogens is 1. The highest BCUT2D eigenvalue weighted by molar-refractivity contribution is 6.12. The molecule has 5 rings (SSSR count). The van der Waals surface area contributed by atoms with Gasteiger partial charge in [0, 0.05) is 29.2 Å². The topological polar surface area (TPSA) is 125 Å². The second-order valence-corrected chi connectivity index (χ2v) is 11.8. The Labute approximate surface area is 233 Å². The average molecular weight is 543 g/mol. The van der Waals surface area contributed by atoms with E-state index in [1.54, 1.807) is 24.3 Å². The quantitative estimate of drug-likeness (QED) is 0.406. The van der Waals surface area contributed by atoms with Crippen molar-refractivity contribution in [2.45, 2.75) is 53.5 Å². The van der Waals surface area contributed by atoms with Gasteiger partial charge >= 0.3 is 12.3 Å². The van der Waals surface area contributed by atoms with Gasteiger partial charge < -0.3 is 15.0 Å². The van der Waals surface area contributed by atoms with Crippen LogP contribution in [-0.2, 0) is 31.1 Å². The van der Waals surface area contributed by atoms with Crippen molar-refractivity contribution < 1.29 is 29.1 Å². The van der Waals surface area contributed by atoms with Crippen LogP contribution in [0.4, 0.5) is 0 Å². The normalized spacial score (nSPS) is 17.8. The van der Waals surface area contributed by atoms with Crippen molar-refractivity contribution in [3.8, 4) is 5.75 Å². The summed E-state index contributed by atoms with van der Waals surface area (Å²) in [6.45, 7) is 14.4. The minimum atomic E-state index is -0.430. The van der Waals surface area contributed by atoms with Crippen LogP contribution >= 0.6 is 0 Å². The lowest BCUT2D eigenvalue weighted by atomic mass is 9.57. The Hall–Kier alpha value is -4.51. The van der Waals surface area contributed by atoms with Gasteiger partial charge in [-0.2, -0.15) is 19.2 Å². The molecule has 2 aliphatic rings. The zero-order valence-corrected chi connectivity index (χ0v) is 23.6. The Bertz CT molecular complexity index is 1540. The molecule has 0 bridgehead atoms. The molecular formula is C32H34N2O6. The van der Waals surface area contributed by atoms with E-state index in [2.05, 4.69) is 81.8 Å². The summed E-state index contributed by atoms with van der Waals surface area (Å²) in [6.07, 6.45) is 5.53. The molecule has 0 saturated carbocycles. The molecule has 2 aliphatic heterocycles. The molecule has 0 amide bonds. The molecule has 0 spiro atoms. The van der Waals surface area contributed by atoms with Crippen molar-refractivity contribution in [1.29, 1.82) is 0 Å². The summed E-state index contributed by atoms with van der Waals surface area (Å²) in [6, 6.07) is 15.4. The van der Waals surface area contributed by atoms with Crippen LogP contribution in [-0.4, -0.2) is 39.6 Å². The molecule has 0 fully saturated rings. The van der Waals surface area contributed by atoms with Crippen molar-refractivity contribution in [3.05, 3.63) is 88.8 Å². The predicted octanol–water partition coefficient (Wildman–Crippen LogP) is 5.56. The number of fused-ring (bicyclic) bond motifs is 5. The van der Waals surface area contributed by atoms with E-state index in [0.29, 0.717) is 11.1 Å². The first-order valence-corrected chi connectivity index (χ1v) is 12.9. The summed E-state index contributed by atoms with van der Waals surface area (Å²) in [4.78, 5) is 52.3. The fraction of sp³-hybridized carbons (Fsp3) is 0.344. The second-order valence-electron chi connectivity index (χ2n) is 11.8. The summed E-state index contributed by atoms with van der Waals surface area (Å²) < 4.78 is 0.